The molecule has 0 radical (unpaired) electrons. The topological polar surface area (TPSA) is 46.2 Å². The summed E-state index contributed by atoms with van der Waals surface area (Å²) in [6.45, 7) is 2.38. The van der Waals surface area contributed by atoms with Crippen LogP contribution in [0.4, 0.5) is 5.69 Å². The molecule has 0 spiro atoms. The second kappa shape index (κ2) is 6.73. The molecule has 1 N–H and O–H groups in total. The van der Waals surface area contributed by atoms with E-state index in [2.05, 4.69) is 26.5 Å². The molecule has 1 rings (SSSR count). The molecule has 19 heavy (non-hydrogen) atoms. The lowest BCUT2D eigenvalue weighted by atomic mass is 10.2. The van der Waals surface area contributed by atoms with Crippen molar-refractivity contribution in [1.82, 2.24) is 0 Å². The van der Waals surface area contributed by atoms with Crippen molar-refractivity contribution in [2.24, 2.45) is 0 Å². The molecule has 0 unspecified atom stereocenters. The zero-order valence-corrected chi connectivity index (χ0v) is 12.7. The first-order valence-corrected chi connectivity index (χ1v) is 7.12. The van der Waals surface area contributed by atoms with Gasteiger partial charge in [-0.15, -0.1) is 0 Å². The zero-order chi connectivity index (χ0) is 14.5. The fraction of sp³-hybridized carbons (Fsp3) is 0.429. The highest BCUT2D eigenvalue weighted by Gasteiger charge is 2.11. The van der Waals surface area contributed by atoms with E-state index < -0.39 is 0 Å². The van der Waals surface area contributed by atoms with Gasteiger partial charge in [-0.1, -0.05) is 23.9 Å². The number of carbonyl (C=O) groups excluding carboxylic acids is 2. The molecule has 0 fully saturated rings. The molecule has 0 aromatic heterocycles. The summed E-state index contributed by atoms with van der Waals surface area (Å²) < 4.78 is 0.839. The third kappa shape index (κ3) is 6.40. The summed E-state index contributed by atoms with van der Waals surface area (Å²) in [5, 5.41) is 2.72. The summed E-state index contributed by atoms with van der Waals surface area (Å²) in [7, 11) is 6.30. The number of thioether (sulfide) groups is 1. The number of nitrogens with one attached hydrogen (secondary N) is 1. The van der Waals surface area contributed by atoms with E-state index in [4.69, 9.17) is 0 Å². The van der Waals surface area contributed by atoms with Crippen molar-refractivity contribution in [3.05, 3.63) is 29.8 Å². The van der Waals surface area contributed by atoms with Crippen molar-refractivity contribution in [2.45, 2.75) is 6.92 Å². The van der Waals surface area contributed by atoms with Crippen molar-refractivity contribution in [3.8, 4) is 0 Å². The van der Waals surface area contributed by atoms with Crippen LogP contribution in [0.5, 0.6) is 0 Å². The van der Waals surface area contributed by atoms with Crippen LogP contribution >= 0.6 is 11.8 Å². The summed E-state index contributed by atoms with van der Waals surface area (Å²) in [6, 6.07) is 7.03. The summed E-state index contributed by atoms with van der Waals surface area (Å²) in [5.41, 5.74) is 1.28. The van der Waals surface area contributed by atoms with Crippen LogP contribution in [0.25, 0.3) is 0 Å². The first kappa shape index (κ1) is 15.7. The number of nitrogens with zero attached hydrogens (tertiary/aromatic N) is 1. The Morgan fingerprint density at radius 1 is 1.26 bits per heavy atom. The Morgan fingerprint density at radius 2 is 1.95 bits per heavy atom. The predicted molar refractivity (Wildman–Crippen MR) is 80.4 cm³/mol. The van der Waals surface area contributed by atoms with E-state index in [1.165, 1.54) is 18.7 Å². The van der Waals surface area contributed by atoms with Crippen LogP contribution in [0.1, 0.15) is 17.3 Å². The maximum absolute atomic E-state index is 12.0. The van der Waals surface area contributed by atoms with Crippen molar-refractivity contribution in [3.63, 3.8) is 0 Å². The SMILES string of the molecule is CC(=O)Nc1cccc(C(=O)SCC[N+](C)(C)C)c1. The fourth-order valence-corrected chi connectivity index (χ4v) is 2.54. The first-order valence-electron chi connectivity index (χ1n) is 6.13. The number of benzene rings is 1. The van der Waals surface area contributed by atoms with E-state index in [9.17, 15) is 9.59 Å². The lowest BCUT2D eigenvalue weighted by molar-refractivity contribution is -0.867. The fourth-order valence-electron chi connectivity index (χ4n) is 1.42. The molecular weight excluding hydrogens is 260 g/mol. The molecule has 0 aliphatic rings. The third-order valence-electron chi connectivity index (χ3n) is 2.41. The molecule has 1 aromatic carbocycles. The van der Waals surface area contributed by atoms with E-state index >= 15 is 0 Å². The number of hydrogen-bond acceptors (Lipinski definition) is 3. The molecule has 0 atom stereocenters. The number of anilines is 1. The smallest absolute Gasteiger partial charge is 0.221 e. The minimum atomic E-state index is -0.137. The maximum atomic E-state index is 12.0. The van der Waals surface area contributed by atoms with Gasteiger partial charge in [-0.3, -0.25) is 9.59 Å². The Bertz CT molecular complexity index is 467. The van der Waals surface area contributed by atoms with Crippen molar-refractivity contribution < 1.29 is 14.1 Å². The summed E-state index contributed by atoms with van der Waals surface area (Å²) in [6.07, 6.45) is 0. The van der Waals surface area contributed by atoms with Crippen LogP contribution in [-0.4, -0.2) is 48.9 Å². The van der Waals surface area contributed by atoms with Gasteiger partial charge < -0.3 is 9.80 Å². The van der Waals surface area contributed by atoms with E-state index in [0.29, 0.717) is 11.3 Å². The number of amides is 1. The standard InChI is InChI=1S/C14H20N2O2S/c1-11(17)15-13-7-5-6-12(10-13)14(18)19-9-8-16(2,3)4/h5-7,10H,8-9H2,1-4H3/p+1. The molecule has 0 saturated heterocycles. The Hall–Kier alpha value is -1.33. The monoisotopic (exact) mass is 281 g/mol. The molecule has 5 heteroatoms. The first-order chi connectivity index (χ1) is 8.78. The van der Waals surface area contributed by atoms with E-state index in [0.717, 1.165) is 16.8 Å². The molecule has 104 valence electrons. The third-order valence-corrected chi connectivity index (χ3v) is 3.30. The lowest BCUT2D eigenvalue weighted by Gasteiger charge is -2.23. The van der Waals surface area contributed by atoms with E-state index in [-0.39, 0.29) is 11.0 Å². The number of rotatable bonds is 5. The quantitative estimate of drug-likeness (QED) is 0.842. The van der Waals surface area contributed by atoms with Gasteiger partial charge in [0, 0.05) is 18.2 Å². The molecule has 1 amide bonds. The van der Waals surface area contributed by atoms with Gasteiger partial charge in [-0.05, 0) is 12.1 Å². The number of carbonyl (C=O) groups is 2. The lowest BCUT2D eigenvalue weighted by Crippen LogP contribution is -2.36. The Labute approximate surface area is 118 Å². The van der Waals surface area contributed by atoms with Crippen LogP contribution in [0, 0.1) is 0 Å². The highest BCUT2D eigenvalue weighted by Crippen LogP contribution is 2.17. The van der Waals surface area contributed by atoms with Crippen LogP contribution in [0.15, 0.2) is 24.3 Å². The summed E-state index contributed by atoms with van der Waals surface area (Å²) in [5.74, 6) is 0.648. The summed E-state index contributed by atoms with van der Waals surface area (Å²) in [4.78, 5) is 23.0. The largest absolute Gasteiger partial charge is 0.330 e. The van der Waals surface area contributed by atoms with Crippen LogP contribution in [0.3, 0.4) is 0 Å². The van der Waals surface area contributed by atoms with Gasteiger partial charge in [0.05, 0.1) is 33.4 Å². The van der Waals surface area contributed by atoms with E-state index in [1.807, 2.05) is 0 Å². The molecule has 0 bridgehead atoms. The van der Waals surface area contributed by atoms with Crippen molar-refractivity contribution in [1.29, 1.82) is 0 Å². The molecule has 4 nitrogen and oxygen atoms in total. The van der Waals surface area contributed by atoms with Gasteiger partial charge in [0.25, 0.3) is 0 Å². The molecule has 0 heterocycles. The zero-order valence-electron chi connectivity index (χ0n) is 11.9. The average Bonchev–Trinajstić information content (AvgIpc) is 2.26. The van der Waals surface area contributed by atoms with Gasteiger partial charge in [0.2, 0.25) is 11.0 Å². The predicted octanol–water partition coefficient (Wildman–Crippen LogP) is 2.22. The summed E-state index contributed by atoms with van der Waals surface area (Å²) >= 11 is 1.32. The highest BCUT2D eigenvalue weighted by molar-refractivity contribution is 8.14. The van der Waals surface area contributed by atoms with Crippen LogP contribution < -0.4 is 5.32 Å². The molecule has 0 aliphatic carbocycles. The van der Waals surface area contributed by atoms with Gasteiger partial charge in [0.1, 0.15) is 0 Å². The van der Waals surface area contributed by atoms with Gasteiger partial charge >= 0.3 is 0 Å². The number of quaternary nitrogens is 1. The number of hydrogen-bond donors (Lipinski definition) is 1. The van der Waals surface area contributed by atoms with Gasteiger partial charge in [0.15, 0.2) is 0 Å². The van der Waals surface area contributed by atoms with Gasteiger partial charge in [-0.2, -0.15) is 0 Å². The Kier molecular flexibility index (Phi) is 5.57. The molecular formula is C14H21N2O2S+. The second-order valence-corrected chi connectivity index (χ2v) is 6.48. The maximum Gasteiger partial charge on any atom is 0.221 e. The van der Waals surface area contributed by atoms with Crippen molar-refractivity contribution >= 4 is 28.5 Å². The Balaban J connectivity index is 2.59. The normalized spacial score (nSPS) is 11.2. The van der Waals surface area contributed by atoms with Crippen LogP contribution in [-0.2, 0) is 4.79 Å². The van der Waals surface area contributed by atoms with Crippen LogP contribution in [0.2, 0.25) is 0 Å². The highest BCUT2D eigenvalue weighted by atomic mass is 32.2. The molecule has 0 aliphatic heterocycles. The molecule has 1 aromatic rings. The second-order valence-electron chi connectivity index (χ2n) is 5.41. The average molecular weight is 281 g/mol. The molecule has 0 saturated carbocycles. The van der Waals surface area contributed by atoms with Crippen molar-refractivity contribution in [2.75, 3.05) is 38.8 Å². The van der Waals surface area contributed by atoms with E-state index in [1.54, 1.807) is 24.3 Å². The van der Waals surface area contributed by atoms with Gasteiger partial charge in [-0.25, -0.2) is 0 Å². The minimum absolute atomic E-state index is 0.0423. The Morgan fingerprint density at radius 3 is 2.53 bits per heavy atom. The minimum Gasteiger partial charge on any atom is -0.330 e.